The van der Waals surface area contributed by atoms with E-state index in [0.29, 0.717) is 23.1 Å². The zero-order valence-corrected chi connectivity index (χ0v) is 25.2. The molecule has 0 radical (unpaired) electrons. The number of rotatable bonds is 9. The summed E-state index contributed by atoms with van der Waals surface area (Å²) in [5.41, 5.74) is 4.27. The number of amidine groups is 1. The van der Waals surface area contributed by atoms with Gasteiger partial charge in [-0.05, 0) is 59.2 Å². The summed E-state index contributed by atoms with van der Waals surface area (Å²) in [7, 11) is 3.35. The SMILES string of the molecule is Br.COc1ccc(CN(Cc2ccc(OC)cc2)C(=Nc2ccc(Cl)c(Cl)c2)SCc2ccccc2)cc1. The Hall–Kier alpha value is -2.64. The van der Waals surface area contributed by atoms with Crippen LogP contribution in [-0.4, -0.2) is 24.3 Å². The van der Waals surface area contributed by atoms with E-state index in [9.17, 15) is 0 Å². The predicted molar refractivity (Wildman–Crippen MR) is 167 cm³/mol. The lowest BCUT2D eigenvalue weighted by Gasteiger charge is -2.26. The van der Waals surface area contributed by atoms with Crippen molar-refractivity contribution in [3.05, 3.63) is 124 Å². The fourth-order valence-electron chi connectivity index (χ4n) is 3.68. The number of halogens is 3. The van der Waals surface area contributed by atoms with Crippen molar-refractivity contribution in [3.8, 4) is 11.5 Å². The Balaban J connectivity index is 0.00000400. The van der Waals surface area contributed by atoms with Crippen molar-refractivity contribution in [2.75, 3.05) is 14.2 Å². The van der Waals surface area contributed by atoms with Gasteiger partial charge in [0, 0.05) is 18.8 Å². The molecule has 0 saturated carbocycles. The summed E-state index contributed by atoms with van der Waals surface area (Å²) in [4.78, 5) is 7.33. The van der Waals surface area contributed by atoms with Gasteiger partial charge in [-0.25, -0.2) is 4.99 Å². The summed E-state index contributed by atoms with van der Waals surface area (Å²) in [5.74, 6) is 2.44. The van der Waals surface area contributed by atoms with E-state index in [1.54, 1.807) is 38.1 Å². The molecule has 0 N–H and O–H groups in total. The van der Waals surface area contributed by atoms with Gasteiger partial charge in [0.2, 0.25) is 0 Å². The number of hydrogen-bond acceptors (Lipinski definition) is 4. The lowest BCUT2D eigenvalue weighted by atomic mass is 10.1. The van der Waals surface area contributed by atoms with Crippen LogP contribution in [0.25, 0.3) is 0 Å². The summed E-state index contributed by atoms with van der Waals surface area (Å²) in [6.07, 6.45) is 0. The maximum atomic E-state index is 6.32. The standard InChI is InChI=1S/C30H28Cl2N2O2S.BrH/c1-35-26-13-8-22(9-14-26)19-34(20-23-10-15-27(36-2)16-11-23)30(37-21-24-6-4-3-5-7-24)33-25-12-17-28(31)29(32)18-25;/h3-18H,19-21H2,1-2H3;1H. The fraction of sp³-hybridized carbons (Fsp3) is 0.167. The van der Waals surface area contributed by atoms with E-state index in [4.69, 9.17) is 37.7 Å². The Morgan fingerprint density at radius 1 is 0.711 bits per heavy atom. The lowest BCUT2D eigenvalue weighted by molar-refractivity contribution is 0.405. The molecule has 4 nitrogen and oxygen atoms in total. The van der Waals surface area contributed by atoms with E-state index >= 15 is 0 Å². The van der Waals surface area contributed by atoms with E-state index in [-0.39, 0.29) is 17.0 Å². The zero-order valence-electron chi connectivity index (χ0n) is 21.1. The minimum Gasteiger partial charge on any atom is -0.497 e. The fourth-order valence-corrected chi connectivity index (χ4v) is 4.94. The number of methoxy groups -OCH3 is 2. The van der Waals surface area contributed by atoms with Gasteiger partial charge in [0.05, 0.1) is 30.0 Å². The molecule has 0 aromatic heterocycles. The smallest absolute Gasteiger partial charge is 0.165 e. The van der Waals surface area contributed by atoms with Gasteiger partial charge in [0.1, 0.15) is 11.5 Å². The molecule has 0 unspecified atom stereocenters. The summed E-state index contributed by atoms with van der Waals surface area (Å²) in [6, 6.07) is 32.1. The average Bonchev–Trinajstić information content (AvgIpc) is 2.94. The summed E-state index contributed by atoms with van der Waals surface area (Å²) < 4.78 is 10.7. The largest absolute Gasteiger partial charge is 0.497 e. The van der Waals surface area contributed by atoms with Crippen molar-refractivity contribution in [2.24, 2.45) is 4.99 Å². The first-order valence-corrected chi connectivity index (χ1v) is 13.5. The van der Waals surface area contributed by atoms with Crippen LogP contribution in [0.15, 0.2) is 102 Å². The normalized spacial score (nSPS) is 11.0. The maximum Gasteiger partial charge on any atom is 0.165 e. The summed E-state index contributed by atoms with van der Waals surface area (Å²) in [5, 5.41) is 1.87. The molecule has 0 heterocycles. The monoisotopic (exact) mass is 630 g/mol. The van der Waals surface area contributed by atoms with Crippen LogP contribution in [0.3, 0.4) is 0 Å². The van der Waals surface area contributed by atoms with Gasteiger partial charge in [0.15, 0.2) is 5.17 Å². The first-order chi connectivity index (χ1) is 18.0. The minimum atomic E-state index is 0. The Kier molecular flexibility index (Phi) is 11.9. The molecule has 8 heteroatoms. The highest BCUT2D eigenvalue weighted by molar-refractivity contribution is 8.93. The molecule has 38 heavy (non-hydrogen) atoms. The van der Waals surface area contributed by atoms with Crippen LogP contribution in [0.5, 0.6) is 11.5 Å². The molecule has 0 atom stereocenters. The molecule has 0 bridgehead atoms. The van der Waals surface area contributed by atoms with Gasteiger partial charge in [0.25, 0.3) is 0 Å². The lowest BCUT2D eigenvalue weighted by Crippen LogP contribution is -2.28. The number of benzene rings is 4. The van der Waals surface area contributed by atoms with E-state index in [2.05, 4.69) is 53.4 Å². The highest BCUT2D eigenvalue weighted by Gasteiger charge is 2.16. The van der Waals surface area contributed by atoms with Gasteiger partial charge >= 0.3 is 0 Å². The first-order valence-electron chi connectivity index (χ1n) is 11.8. The molecule has 0 spiro atoms. The molecule has 198 valence electrons. The third-order valence-electron chi connectivity index (χ3n) is 5.67. The van der Waals surface area contributed by atoms with Crippen LogP contribution in [0.4, 0.5) is 5.69 Å². The third-order valence-corrected chi connectivity index (χ3v) is 7.50. The molecule has 4 aromatic rings. The van der Waals surface area contributed by atoms with Crippen molar-refractivity contribution < 1.29 is 9.47 Å². The second-order valence-corrected chi connectivity index (χ2v) is 10.1. The second-order valence-electron chi connectivity index (χ2n) is 8.32. The van der Waals surface area contributed by atoms with E-state index in [0.717, 1.165) is 39.2 Å². The van der Waals surface area contributed by atoms with E-state index < -0.39 is 0 Å². The molecule has 4 aromatic carbocycles. The Labute approximate surface area is 249 Å². The van der Waals surface area contributed by atoms with Crippen molar-refractivity contribution in [1.29, 1.82) is 0 Å². The first kappa shape index (κ1) is 29.9. The van der Waals surface area contributed by atoms with Crippen LogP contribution in [0, 0.1) is 0 Å². The average molecular weight is 632 g/mol. The molecular weight excluding hydrogens is 603 g/mol. The van der Waals surface area contributed by atoms with Crippen LogP contribution >= 0.6 is 51.9 Å². The van der Waals surface area contributed by atoms with Crippen LogP contribution in [0.2, 0.25) is 10.0 Å². The van der Waals surface area contributed by atoms with Gasteiger partial charge in [-0.2, -0.15) is 0 Å². The minimum absolute atomic E-state index is 0. The highest BCUT2D eigenvalue weighted by Crippen LogP contribution is 2.30. The van der Waals surface area contributed by atoms with Gasteiger partial charge in [-0.15, -0.1) is 17.0 Å². The van der Waals surface area contributed by atoms with Gasteiger partial charge in [-0.3, -0.25) is 0 Å². The van der Waals surface area contributed by atoms with Crippen molar-refractivity contribution in [1.82, 2.24) is 4.90 Å². The maximum absolute atomic E-state index is 6.32. The number of aliphatic imine (C=N–C) groups is 1. The molecule has 0 fully saturated rings. The number of ether oxygens (including phenoxy) is 2. The van der Waals surface area contributed by atoms with Crippen molar-refractivity contribution in [3.63, 3.8) is 0 Å². The molecule has 4 rings (SSSR count). The summed E-state index contributed by atoms with van der Waals surface area (Å²) in [6.45, 7) is 1.33. The third kappa shape index (κ3) is 8.70. The quantitative estimate of drug-likeness (QED) is 0.136. The van der Waals surface area contributed by atoms with E-state index in [1.165, 1.54) is 5.56 Å². The Bertz CT molecular complexity index is 1270. The van der Waals surface area contributed by atoms with Gasteiger partial charge < -0.3 is 14.4 Å². The van der Waals surface area contributed by atoms with Crippen LogP contribution in [-0.2, 0) is 18.8 Å². The molecule has 0 aliphatic carbocycles. The van der Waals surface area contributed by atoms with Crippen LogP contribution in [0.1, 0.15) is 16.7 Å². The topological polar surface area (TPSA) is 34.1 Å². The number of hydrogen-bond donors (Lipinski definition) is 0. The van der Waals surface area contributed by atoms with Gasteiger partial charge in [-0.1, -0.05) is 89.6 Å². The highest BCUT2D eigenvalue weighted by atomic mass is 79.9. The van der Waals surface area contributed by atoms with E-state index in [1.807, 2.05) is 36.4 Å². The van der Waals surface area contributed by atoms with Crippen molar-refractivity contribution >= 4 is 62.8 Å². The zero-order chi connectivity index (χ0) is 26.0. The Morgan fingerprint density at radius 3 is 1.76 bits per heavy atom. The molecular formula is C30H29BrCl2N2O2S. The molecule has 0 amide bonds. The second kappa shape index (κ2) is 15.1. The number of thioether (sulfide) groups is 1. The summed E-state index contributed by atoms with van der Waals surface area (Å²) >= 11 is 14.2. The Morgan fingerprint density at radius 2 is 1.26 bits per heavy atom. The predicted octanol–water partition coefficient (Wildman–Crippen LogP) is 9.21. The number of nitrogens with zero attached hydrogens (tertiary/aromatic N) is 2. The van der Waals surface area contributed by atoms with Crippen molar-refractivity contribution in [2.45, 2.75) is 18.8 Å². The molecule has 0 aliphatic rings. The molecule has 0 saturated heterocycles. The molecule has 0 aliphatic heterocycles. The van der Waals surface area contributed by atoms with Crippen LogP contribution < -0.4 is 9.47 Å².